The van der Waals surface area contributed by atoms with Crippen LogP contribution in [0.15, 0.2) is 18.2 Å². The Bertz CT molecular complexity index is 390. The maximum absolute atomic E-state index is 13.0. The normalized spacial score (nSPS) is 10.3. The standard InChI is InChI=1S/C12H17FN2O2/c1-3-7-14(8-4-2)11-6-5-10(13)9-12(11)15(16)17/h5-6,9H,3-4,7-8H2,1-2H3. The molecule has 94 valence electrons. The lowest BCUT2D eigenvalue weighted by Crippen LogP contribution is -2.25. The third-order valence-electron chi connectivity index (χ3n) is 2.46. The SMILES string of the molecule is CCCN(CCC)c1ccc(F)cc1[N+](=O)[O-]. The second-order valence-electron chi connectivity index (χ2n) is 3.88. The molecule has 0 heterocycles. The molecule has 1 rings (SSSR count). The largest absolute Gasteiger partial charge is 0.366 e. The average Bonchev–Trinajstić information content (AvgIpc) is 2.28. The van der Waals surface area contributed by atoms with Crippen LogP contribution >= 0.6 is 0 Å². The lowest BCUT2D eigenvalue weighted by atomic mass is 10.2. The van der Waals surface area contributed by atoms with Crippen LogP contribution in [0.25, 0.3) is 0 Å². The number of nitro groups is 1. The lowest BCUT2D eigenvalue weighted by Gasteiger charge is -2.23. The highest BCUT2D eigenvalue weighted by Crippen LogP contribution is 2.29. The Morgan fingerprint density at radius 1 is 1.29 bits per heavy atom. The zero-order chi connectivity index (χ0) is 12.8. The maximum atomic E-state index is 13.0. The van der Waals surface area contributed by atoms with Crippen LogP contribution in [0.5, 0.6) is 0 Å². The molecule has 0 bridgehead atoms. The van der Waals surface area contributed by atoms with Crippen LogP contribution in [0.1, 0.15) is 26.7 Å². The van der Waals surface area contributed by atoms with E-state index < -0.39 is 10.7 Å². The summed E-state index contributed by atoms with van der Waals surface area (Å²) in [4.78, 5) is 12.3. The molecular formula is C12H17FN2O2. The molecule has 0 aliphatic heterocycles. The van der Waals surface area contributed by atoms with Crippen molar-refractivity contribution >= 4 is 11.4 Å². The average molecular weight is 240 g/mol. The molecule has 0 N–H and O–H groups in total. The van der Waals surface area contributed by atoms with Gasteiger partial charge in [0.2, 0.25) is 0 Å². The van der Waals surface area contributed by atoms with E-state index in [1.54, 1.807) is 0 Å². The Morgan fingerprint density at radius 2 is 1.88 bits per heavy atom. The van der Waals surface area contributed by atoms with Crippen molar-refractivity contribution in [2.24, 2.45) is 0 Å². The summed E-state index contributed by atoms with van der Waals surface area (Å²) >= 11 is 0. The number of hydrogen-bond donors (Lipinski definition) is 0. The molecule has 0 aliphatic carbocycles. The van der Waals surface area contributed by atoms with Crippen molar-refractivity contribution in [1.82, 2.24) is 0 Å². The predicted molar refractivity (Wildman–Crippen MR) is 65.8 cm³/mol. The zero-order valence-electron chi connectivity index (χ0n) is 10.1. The second kappa shape index (κ2) is 6.18. The molecule has 1 aromatic rings. The third-order valence-corrected chi connectivity index (χ3v) is 2.46. The molecule has 0 aliphatic rings. The van der Waals surface area contributed by atoms with E-state index >= 15 is 0 Å². The second-order valence-corrected chi connectivity index (χ2v) is 3.88. The number of nitro benzene ring substituents is 1. The van der Waals surface area contributed by atoms with E-state index in [-0.39, 0.29) is 5.69 Å². The molecule has 0 radical (unpaired) electrons. The molecule has 17 heavy (non-hydrogen) atoms. The number of nitrogens with zero attached hydrogens (tertiary/aromatic N) is 2. The number of rotatable bonds is 6. The summed E-state index contributed by atoms with van der Waals surface area (Å²) in [6.45, 7) is 5.50. The lowest BCUT2D eigenvalue weighted by molar-refractivity contribution is -0.384. The topological polar surface area (TPSA) is 46.4 Å². The Hall–Kier alpha value is -1.65. The Morgan fingerprint density at radius 3 is 2.35 bits per heavy atom. The Balaban J connectivity index is 3.12. The monoisotopic (exact) mass is 240 g/mol. The number of benzene rings is 1. The molecule has 0 saturated heterocycles. The van der Waals surface area contributed by atoms with E-state index in [1.165, 1.54) is 12.1 Å². The molecule has 5 heteroatoms. The zero-order valence-corrected chi connectivity index (χ0v) is 10.1. The fourth-order valence-electron chi connectivity index (χ4n) is 1.80. The molecule has 0 unspecified atom stereocenters. The first kappa shape index (κ1) is 13.4. The van der Waals surface area contributed by atoms with Crippen LogP contribution in [0.3, 0.4) is 0 Å². The summed E-state index contributed by atoms with van der Waals surface area (Å²) in [7, 11) is 0. The van der Waals surface area contributed by atoms with Crippen LogP contribution in [0, 0.1) is 15.9 Å². The van der Waals surface area contributed by atoms with Crippen molar-refractivity contribution in [3.8, 4) is 0 Å². The highest BCUT2D eigenvalue weighted by Gasteiger charge is 2.19. The Kier molecular flexibility index (Phi) is 4.87. The summed E-state index contributed by atoms with van der Waals surface area (Å²) < 4.78 is 13.0. The summed E-state index contributed by atoms with van der Waals surface area (Å²) in [5, 5.41) is 10.9. The van der Waals surface area contributed by atoms with Crippen molar-refractivity contribution < 1.29 is 9.31 Å². The van der Waals surface area contributed by atoms with Crippen molar-refractivity contribution in [3.63, 3.8) is 0 Å². The van der Waals surface area contributed by atoms with Gasteiger partial charge in [-0.05, 0) is 25.0 Å². The molecular weight excluding hydrogens is 223 g/mol. The molecule has 0 saturated carbocycles. The molecule has 0 atom stereocenters. The van der Waals surface area contributed by atoms with Crippen LogP contribution in [-0.2, 0) is 0 Å². The molecule has 0 fully saturated rings. The van der Waals surface area contributed by atoms with Gasteiger partial charge in [0.1, 0.15) is 11.5 Å². The third kappa shape index (κ3) is 3.41. The van der Waals surface area contributed by atoms with Gasteiger partial charge in [-0.2, -0.15) is 0 Å². The van der Waals surface area contributed by atoms with Crippen LogP contribution in [0.2, 0.25) is 0 Å². The van der Waals surface area contributed by atoms with Gasteiger partial charge in [0.05, 0.1) is 11.0 Å². The van der Waals surface area contributed by atoms with E-state index in [1.807, 2.05) is 18.7 Å². The van der Waals surface area contributed by atoms with Gasteiger partial charge in [0.15, 0.2) is 0 Å². The van der Waals surface area contributed by atoms with Crippen molar-refractivity contribution in [2.75, 3.05) is 18.0 Å². The van der Waals surface area contributed by atoms with Gasteiger partial charge in [-0.25, -0.2) is 4.39 Å². The van der Waals surface area contributed by atoms with Gasteiger partial charge in [0.25, 0.3) is 5.69 Å². The van der Waals surface area contributed by atoms with Crippen molar-refractivity contribution in [1.29, 1.82) is 0 Å². The molecule has 0 spiro atoms. The summed E-state index contributed by atoms with van der Waals surface area (Å²) in [5.74, 6) is -0.576. The first-order valence-electron chi connectivity index (χ1n) is 5.79. The fourth-order valence-corrected chi connectivity index (χ4v) is 1.80. The minimum Gasteiger partial charge on any atom is -0.366 e. The summed E-state index contributed by atoms with van der Waals surface area (Å²) in [5.41, 5.74) is 0.340. The van der Waals surface area contributed by atoms with Crippen LogP contribution < -0.4 is 4.90 Å². The molecule has 0 amide bonds. The summed E-state index contributed by atoms with van der Waals surface area (Å²) in [6, 6.07) is 3.73. The van der Waals surface area contributed by atoms with Crippen molar-refractivity contribution in [3.05, 3.63) is 34.1 Å². The highest BCUT2D eigenvalue weighted by molar-refractivity contribution is 5.63. The number of anilines is 1. The van der Waals surface area contributed by atoms with E-state index in [2.05, 4.69) is 0 Å². The van der Waals surface area contributed by atoms with E-state index in [0.29, 0.717) is 5.69 Å². The predicted octanol–water partition coefficient (Wildman–Crippen LogP) is 3.36. The minimum atomic E-state index is -0.576. The van der Waals surface area contributed by atoms with E-state index in [4.69, 9.17) is 0 Å². The Labute approximate surface area is 100 Å². The van der Waals surface area contributed by atoms with Gasteiger partial charge in [0, 0.05) is 13.1 Å². The molecule has 4 nitrogen and oxygen atoms in total. The smallest absolute Gasteiger partial charge is 0.295 e. The van der Waals surface area contributed by atoms with Gasteiger partial charge < -0.3 is 4.90 Å². The number of halogens is 1. The molecule has 1 aromatic carbocycles. The van der Waals surface area contributed by atoms with Crippen molar-refractivity contribution in [2.45, 2.75) is 26.7 Å². The maximum Gasteiger partial charge on any atom is 0.295 e. The van der Waals surface area contributed by atoms with E-state index in [9.17, 15) is 14.5 Å². The molecule has 0 aromatic heterocycles. The highest BCUT2D eigenvalue weighted by atomic mass is 19.1. The van der Waals surface area contributed by atoms with Crippen LogP contribution in [-0.4, -0.2) is 18.0 Å². The van der Waals surface area contributed by atoms with Crippen LogP contribution in [0.4, 0.5) is 15.8 Å². The quantitative estimate of drug-likeness (QED) is 0.565. The minimum absolute atomic E-state index is 0.160. The first-order valence-corrected chi connectivity index (χ1v) is 5.79. The van der Waals surface area contributed by atoms with Gasteiger partial charge >= 0.3 is 0 Å². The van der Waals surface area contributed by atoms with Gasteiger partial charge in [-0.3, -0.25) is 10.1 Å². The van der Waals surface area contributed by atoms with E-state index in [0.717, 1.165) is 32.0 Å². The number of hydrogen-bond acceptors (Lipinski definition) is 3. The van der Waals surface area contributed by atoms with Gasteiger partial charge in [-0.1, -0.05) is 13.8 Å². The summed E-state index contributed by atoms with van der Waals surface area (Å²) in [6.07, 6.45) is 1.79. The van der Waals surface area contributed by atoms with Gasteiger partial charge in [-0.15, -0.1) is 0 Å². The fraction of sp³-hybridized carbons (Fsp3) is 0.500. The first-order chi connectivity index (χ1) is 8.10.